The summed E-state index contributed by atoms with van der Waals surface area (Å²) in [5.41, 5.74) is 4.63. The normalized spacial score (nSPS) is 25.1. The highest BCUT2D eigenvalue weighted by atomic mass is 32.2. The fourth-order valence-electron chi connectivity index (χ4n) is 8.88. The van der Waals surface area contributed by atoms with Gasteiger partial charge in [0.25, 0.3) is 10.1 Å². The van der Waals surface area contributed by atoms with Crippen molar-refractivity contribution in [1.29, 1.82) is 0 Å². The number of hydrogen-bond acceptors (Lipinski definition) is 4. The molecule has 9 rings (SSSR count). The van der Waals surface area contributed by atoms with Gasteiger partial charge in [-0.25, -0.2) is 4.58 Å². The molecule has 0 amide bonds. The van der Waals surface area contributed by atoms with E-state index in [1.54, 1.807) is 6.07 Å². The van der Waals surface area contributed by atoms with E-state index in [0.717, 1.165) is 38.8 Å². The molecule has 5 aliphatic heterocycles. The summed E-state index contributed by atoms with van der Waals surface area (Å²) in [6.07, 6.45) is 9.99. The van der Waals surface area contributed by atoms with Crippen LogP contribution in [0.3, 0.4) is 0 Å². The molecule has 4 fully saturated rings. The third-order valence-electron chi connectivity index (χ3n) is 10.6. The number of hydrogen-bond donors (Lipinski definition) is 1. The molecule has 212 valence electrons. The van der Waals surface area contributed by atoms with Crippen molar-refractivity contribution in [1.82, 2.24) is 4.58 Å². The van der Waals surface area contributed by atoms with Crippen LogP contribution in [0.2, 0.25) is 0 Å². The summed E-state index contributed by atoms with van der Waals surface area (Å²) in [5.74, 6) is 0.796. The zero-order chi connectivity index (χ0) is 28.2. The second-order valence-corrected chi connectivity index (χ2v) is 14.1. The van der Waals surface area contributed by atoms with E-state index < -0.39 is 10.1 Å². The van der Waals surface area contributed by atoms with Gasteiger partial charge < -0.3 is 9.32 Å². The molecule has 4 bridgehead atoms. The molecular formula is C35H33N2O4S+. The Labute approximate surface area is 245 Å². The number of anilines is 1. The molecular weight excluding hydrogens is 544 g/mol. The predicted molar refractivity (Wildman–Crippen MR) is 165 cm³/mol. The molecule has 0 aromatic heterocycles. The Morgan fingerprint density at radius 3 is 2.14 bits per heavy atom. The number of rotatable bonds is 3. The maximum Gasteiger partial charge on any atom is 0.295 e. The Morgan fingerprint density at radius 2 is 1.45 bits per heavy atom. The zero-order valence-electron chi connectivity index (χ0n) is 23.4. The Kier molecular flexibility index (Phi) is 5.28. The van der Waals surface area contributed by atoms with Crippen molar-refractivity contribution in [3.05, 3.63) is 78.2 Å². The van der Waals surface area contributed by atoms with Crippen LogP contribution in [0.1, 0.15) is 51.4 Å². The lowest BCUT2D eigenvalue weighted by molar-refractivity contribution is 0.484. The Hall–Kier alpha value is -3.68. The first-order valence-corrected chi connectivity index (χ1v) is 16.8. The SMILES string of the molecule is O=S(=O)(O)c1cccc2cccc(-c3c4ccc(=[N+]5C6CCC5CC6)cc-4oc4cc(N5C6CCC5CC6)ccc34)c12. The van der Waals surface area contributed by atoms with E-state index >= 15 is 0 Å². The van der Waals surface area contributed by atoms with E-state index in [1.165, 1.54) is 68.5 Å². The quantitative estimate of drug-likeness (QED) is 0.145. The molecule has 0 atom stereocenters. The molecule has 0 unspecified atom stereocenters. The van der Waals surface area contributed by atoms with Crippen LogP contribution in [0.25, 0.3) is 44.2 Å². The Bertz CT molecular complexity index is 2030. The van der Waals surface area contributed by atoms with Crippen LogP contribution < -0.4 is 14.8 Å². The van der Waals surface area contributed by atoms with Crippen molar-refractivity contribution >= 4 is 37.5 Å². The van der Waals surface area contributed by atoms with Crippen LogP contribution in [0.4, 0.5) is 5.69 Å². The molecule has 6 nitrogen and oxygen atoms in total. The van der Waals surface area contributed by atoms with Crippen molar-refractivity contribution in [2.75, 3.05) is 4.90 Å². The average molecular weight is 578 g/mol. The lowest BCUT2D eigenvalue weighted by Crippen LogP contribution is -2.33. The van der Waals surface area contributed by atoms with Gasteiger partial charge in [-0.3, -0.25) is 4.55 Å². The Morgan fingerprint density at radius 1 is 0.762 bits per heavy atom. The number of fused-ring (bicyclic) bond motifs is 7. The summed E-state index contributed by atoms with van der Waals surface area (Å²) in [6.45, 7) is 0. The van der Waals surface area contributed by atoms with Crippen LogP contribution in [-0.4, -0.2) is 37.1 Å². The lowest BCUT2D eigenvalue weighted by Gasteiger charge is -2.25. The van der Waals surface area contributed by atoms with Crippen molar-refractivity contribution in [3.8, 4) is 22.5 Å². The van der Waals surface area contributed by atoms with E-state index in [1.807, 2.05) is 24.3 Å². The second kappa shape index (κ2) is 8.91. The average Bonchev–Trinajstić information content (AvgIpc) is 3.80. The van der Waals surface area contributed by atoms with Gasteiger partial charge in [0.15, 0.2) is 12.1 Å². The third-order valence-corrected chi connectivity index (χ3v) is 11.5. The number of benzene rings is 4. The summed E-state index contributed by atoms with van der Waals surface area (Å²) >= 11 is 0. The molecule has 42 heavy (non-hydrogen) atoms. The molecule has 3 aromatic carbocycles. The van der Waals surface area contributed by atoms with Crippen LogP contribution in [0, 0.1) is 0 Å². The first-order chi connectivity index (χ1) is 20.4. The van der Waals surface area contributed by atoms with Crippen LogP contribution in [-0.2, 0) is 10.1 Å². The molecule has 1 aliphatic carbocycles. The molecule has 0 saturated carbocycles. The van der Waals surface area contributed by atoms with Gasteiger partial charge in [0, 0.05) is 77.5 Å². The van der Waals surface area contributed by atoms with Crippen molar-refractivity contribution in [2.24, 2.45) is 0 Å². The molecule has 5 heterocycles. The van der Waals surface area contributed by atoms with Gasteiger partial charge in [0.2, 0.25) is 5.36 Å². The van der Waals surface area contributed by atoms with E-state index in [9.17, 15) is 13.0 Å². The summed E-state index contributed by atoms with van der Waals surface area (Å²) in [5, 5.41) is 3.43. The van der Waals surface area contributed by atoms with E-state index in [0.29, 0.717) is 29.6 Å². The number of nitrogens with zero attached hydrogens (tertiary/aromatic N) is 2. The highest BCUT2D eigenvalue weighted by Crippen LogP contribution is 2.46. The molecule has 4 saturated heterocycles. The molecule has 3 aromatic rings. The summed E-state index contributed by atoms with van der Waals surface area (Å²) in [4.78, 5) is 2.51. The smallest absolute Gasteiger partial charge is 0.295 e. The zero-order valence-corrected chi connectivity index (χ0v) is 24.2. The first kappa shape index (κ1) is 24.9. The van der Waals surface area contributed by atoms with Crippen LogP contribution in [0.15, 0.2) is 82.1 Å². The highest BCUT2D eigenvalue weighted by Gasteiger charge is 2.44. The maximum absolute atomic E-state index is 12.6. The standard InChI is InChI=1S/C35H32N2O4S/c38-42(39,40)33-6-2-4-21-3-1-5-30(34(21)33)35-28-17-15-26(36-22-7-8-23(36)10-9-22)19-31(28)41-32-20-27(16-18-29(32)35)37-24-11-12-25(37)14-13-24/h1-6,15-20,22-25H,7-14H2/p+1. The van der Waals surface area contributed by atoms with Gasteiger partial charge in [-0.1, -0.05) is 30.3 Å². The minimum Gasteiger partial charge on any atom is -0.456 e. The third kappa shape index (κ3) is 3.59. The van der Waals surface area contributed by atoms with Gasteiger partial charge >= 0.3 is 0 Å². The monoisotopic (exact) mass is 577 g/mol. The summed E-state index contributed by atoms with van der Waals surface area (Å²) in [6, 6.07) is 26.3. The van der Waals surface area contributed by atoms with Crippen molar-refractivity contribution in [3.63, 3.8) is 0 Å². The van der Waals surface area contributed by atoms with Gasteiger partial charge in [-0.2, -0.15) is 8.42 Å². The van der Waals surface area contributed by atoms with Gasteiger partial charge in [-0.15, -0.1) is 0 Å². The fourth-order valence-corrected chi connectivity index (χ4v) is 9.61. The van der Waals surface area contributed by atoms with Crippen molar-refractivity contribution < 1.29 is 17.4 Å². The predicted octanol–water partition coefficient (Wildman–Crippen LogP) is 6.83. The van der Waals surface area contributed by atoms with Gasteiger partial charge in [0.1, 0.15) is 16.2 Å². The molecule has 0 radical (unpaired) electrons. The van der Waals surface area contributed by atoms with E-state index in [-0.39, 0.29) is 4.90 Å². The minimum atomic E-state index is -4.45. The molecule has 0 spiro atoms. The Balaban J connectivity index is 1.37. The van der Waals surface area contributed by atoms with Gasteiger partial charge in [-0.05, 0) is 60.9 Å². The summed E-state index contributed by atoms with van der Waals surface area (Å²) < 4.78 is 44.8. The van der Waals surface area contributed by atoms with Crippen LogP contribution >= 0.6 is 0 Å². The fraction of sp³-hybridized carbons (Fsp3) is 0.343. The van der Waals surface area contributed by atoms with Crippen LogP contribution in [0.5, 0.6) is 0 Å². The first-order valence-electron chi connectivity index (χ1n) is 15.3. The topological polar surface area (TPSA) is 73.8 Å². The summed E-state index contributed by atoms with van der Waals surface area (Å²) in [7, 11) is -4.45. The van der Waals surface area contributed by atoms with E-state index in [4.69, 9.17) is 4.42 Å². The van der Waals surface area contributed by atoms with Crippen molar-refractivity contribution in [2.45, 2.75) is 80.4 Å². The molecule has 7 heteroatoms. The highest BCUT2D eigenvalue weighted by molar-refractivity contribution is 7.86. The lowest BCUT2D eigenvalue weighted by atomic mass is 9.90. The largest absolute Gasteiger partial charge is 0.456 e. The van der Waals surface area contributed by atoms with Gasteiger partial charge in [0.05, 0.1) is 6.07 Å². The van der Waals surface area contributed by atoms with E-state index in [2.05, 4.69) is 45.9 Å². The molecule has 6 aliphatic rings. The second-order valence-electron chi connectivity index (χ2n) is 12.7. The maximum atomic E-state index is 12.6. The molecule has 1 N–H and O–H groups in total. The minimum absolute atomic E-state index is 0.0757.